The van der Waals surface area contributed by atoms with Crippen LogP contribution in [0.25, 0.3) is 0 Å². The van der Waals surface area contributed by atoms with Gasteiger partial charge in [-0.25, -0.2) is 0 Å². The summed E-state index contributed by atoms with van der Waals surface area (Å²) in [6, 6.07) is 3.35. The summed E-state index contributed by atoms with van der Waals surface area (Å²) in [5.74, 6) is 0.572. The summed E-state index contributed by atoms with van der Waals surface area (Å²) in [4.78, 5) is 0. The summed E-state index contributed by atoms with van der Waals surface area (Å²) >= 11 is 4.91. The van der Waals surface area contributed by atoms with E-state index in [1.807, 2.05) is 7.05 Å². The molecule has 0 atom stereocenters. The molecule has 0 saturated carbocycles. The fraction of sp³-hybridized carbons (Fsp3) is 0.143. The minimum absolute atomic E-state index is 0.0324. The van der Waals surface area contributed by atoms with Gasteiger partial charge in [0.15, 0.2) is 0 Å². The minimum Gasteiger partial charge on any atom is -0.382 e. The maximum Gasteiger partial charge on any atom is 0.145 e. The van der Waals surface area contributed by atoms with Crippen LogP contribution in [0.3, 0.4) is 0 Å². The SMILES string of the molecule is C=C(Cl)C#N.Cn1ccc(N)n1. The monoisotopic (exact) mass is 184 g/mol. The molecule has 0 aliphatic heterocycles. The highest BCUT2D eigenvalue weighted by Crippen LogP contribution is 1.90. The molecule has 1 aromatic heterocycles. The molecule has 0 fully saturated rings. The first-order chi connectivity index (χ1) is 5.56. The molecule has 0 unspecified atom stereocenters. The molecule has 1 heterocycles. The predicted octanol–water partition coefficient (Wildman–Crippen LogP) is 1.26. The van der Waals surface area contributed by atoms with E-state index in [4.69, 9.17) is 22.6 Å². The maximum absolute atomic E-state index is 7.66. The van der Waals surface area contributed by atoms with Crippen molar-refractivity contribution >= 4 is 17.4 Å². The number of nitrogen functional groups attached to an aromatic ring is 1. The summed E-state index contributed by atoms with van der Waals surface area (Å²) in [6.45, 7) is 3.08. The van der Waals surface area contributed by atoms with E-state index in [2.05, 4.69) is 11.7 Å². The number of aromatic nitrogens is 2. The smallest absolute Gasteiger partial charge is 0.145 e. The first-order valence-corrected chi connectivity index (χ1v) is 3.43. The van der Waals surface area contributed by atoms with E-state index >= 15 is 0 Å². The summed E-state index contributed by atoms with van der Waals surface area (Å²) in [7, 11) is 1.83. The van der Waals surface area contributed by atoms with E-state index in [1.54, 1.807) is 23.0 Å². The quantitative estimate of drug-likeness (QED) is 0.618. The van der Waals surface area contributed by atoms with E-state index in [1.165, 1.54) is 0 Å². The zero-order valence-electron chi connectivity index (χ0n) is 6.66. The van der Waals surface area contributed by atoms with Crippen molar-refractivity contribution in [2.45, 2.75) is 0 Å². The Hall–Kier alpha value is -1.47. The van der Waals surface area contributed by atoms with Gasteiger partial charge in [-0.15, -0.1) is 0 Å². The lowest BCUT2D eigenvalue weighted by molar-refractivity contribution is 0.772. The third kappa shape index (κ3) is 5.33. The molecule has 5 heteroatoms. The first kappa shape index (κ1) is 10.5. The van der Waals surface area contributed by atoms with E-state index < -0.39 is 0 Å². The number of hydrogen-bond donors (Lipinski definition) is 1. The van der Waals surface area contributed by atoms with Crippen molar-refractivity contribution in [3.63, 3.8) is 0 Å². The number of allylic oxidation sites excluding steroid dienone is 1. The first-order valence-electron chi connectivity index (χ1n) is 3.06. The molecule has 0 saturated heterocycles. The van der Waals surface area contributed by atoms with E-state index in [0.717, 1.165) is 0 Å². The summed E-state index contributed by atoms with van der Waals surface area (Å²) in [6.07, 6.45) is 1.80. The zero-order valence-corrected chi connectivity index (χ0v) is 7.41. The Bertz CT molecular complexity index is 280. The molecule has 0 bridgehead atoms. The van der Waals surface area contributed by atoms with Crippen LogP contribution in [0.5, 0.6) is 0 Å². The van der Waals surface area contributed by atoms with Crippen molar-refractivity contribution in [2.75, 3.05) is 5.73 Å². The number of nitrogens with zero attached hydrogens (tertiary/aromatic N) is 3. The lowest BCUT2D eigenvalue weighted by Gasteiger charge is -1.79. The van der Waals surface area contributed by atoms with Crippen molar-refractivity contribution in [1.29, 1.82) is 5.26 Å². The van der Waals surface area contributed by atoms with Crippen LogP contribution in [0.4, 0.5) is 5.82 Å². The topological polar surface area (TPSA) is 67.6 Å². The average Bonchev–Trinajstić information content (AvgIpc) is 2.36. The Kier molecular flexibility index (Phi) is 4.58. The number of hydrogen-bond acceptors (Lipinski definition) is 3. The van der Waals surface area contributed by atoms with Crippen molar-refractivity contribution in [3.8, 4) is 6.07 Å². The van der Waals surface area contributed by atoms with Crippen LogP contribution in [0.15, 0.2) is 23.9 Å². The lowest BCUT2D eigenvalue weighted by Crippen LogP contribution is -1.89. The van der Waals surface area contributed by atoms with Crippen molar-refractivity contribution in [2.24, 2.45) is 7.05 Å². The van der Waals surface area contributed by atoms with Crippen LogP contribution >= 0.6 is 11.6 Å². The van der Waals surface area contributed by atoms with Gasteiger partial charge in [-0.05, 0) is 6.07 Å². The summed E-state index contributed by atoms with van der Waals surface area (Å²) in [5.41, 5.74) is 5.25. The van der Waals surface area contributed by atoms with Gasteiger partial charge in [-0.3, -0.25) is 4.68 Å². The third-order valence-electron chi connectivity index (χ3n) is 0.856. The summed E-state index contributed by atoms with van der Waals surface area (Å²) < 4.78 is 1.66. The predicted molar refractivity (Wildman–Crippen MR) is 48.2 cm³/mol. The number of aryl methyl sites for hydroxylation is 1. The Morgan fingerprint density at radius 3 is 2.50 bits per heavy atom. The molecular weight excluding hydrogens is 176 g/mol. The molecule has 0 radical (unpaired) electrons. The Labute approximate surface area is 75.9 Å². The van der Waals surface area contributed by atoms with Crippen LogP contribution < -0.4 is 5.73 Å². The minimum atomic E-state index is 0.0324. The molecule has 0 spiro atoms. The normalized spacial score (nSPS) is 7.75. The highest BCUT2D eigenvalue weighted by molar-refractivity contribution is 6.31. The van der Waals surface area contributed by atoms with Gasteiger partial charge in [0.2, 0.25) is 0 Å². The fourth-order valence-corrected chi connectivity index (χ4v) is 0.433. The van der Waals surface area contributed by atoms with E-state index in [-0.39, 0.29) is 5.03 Å². The van der Waals surface area contributed by atoms with Gasteiger partial charge in [0.25, 0.3) is 0 Å². The molecule has 0 aromatic carbocycles. The summed E-state index contributed by atoms with van der Waals surface area (Å²) in [5, 5.41) is 11.5. The molecule has 0 amide bonds. The van der Waals surface area contributed by atoms with Gasteiger partial charge in [-0.2, -0.15) is 10.4 Å². The highest BCUT2D eigenvalue weighted by Gasteiger charge is 1.82. The van der Waals surface area contributed by atoms with Crippen LogP contribution in [-0.2, 0) is 7.05 Å². The van der Waals surface area contributed by atoms with Gasteiger partial charge in [0, 0.05) is 13.2 Å². The Morgan fingerprint density at radius 1 is 1.92 bits per heavy atom. The van der Waals surface area contributed by atoms with Gasteiger partial charge in [0.1, 0.15) is 16.9 Å². The number of nitriles is 1. The van der Waals surface area contributed by atoms with E-state index in [0.29, 0.717) is 5.82 Å². The molecule has 2 N–H and O–H groups in total. The van der Waals surface area contributed by atoms with Crippen LogP contribution in [-0.4, -0.2) is 9.78 Å². The molecular formula is C7H9ClN4. The van der Waals surface area contributed by atoms with Crippen molar-refractivity contribution in [1.82, 2.24) is 9.78 Å². The molecule has 0 aliphatic rings. The van der Waals surface area contributed by atoms with Crippen LogP contribution in [0.1, 0.15) is 0 Å². The maximum atomic E-state index is 7.66. The van der Waals surface area contributed by atoms with E-state index in [9.17, 15) is 0 Å². The van der Waals surface area contributed by atoms with Gasteiger partial charge in [0.05, 0.1) is 0 Å². The third-order valence-corrected chi connectivity index (χ3v) is 0.940. The number of nitrogens with two attached hydrogens (primary N) is 1. The van der Waals surface area contributed by atoms with Crippen LogP contribution in [0, 0.1) is 11.3 Å². The Morgan fingerprint density at radius 2 is 2.42 bits per heavy atom. The molecule has 64 valence electrons. The molecule has 4 nitrogen and oxygen atoms in total. The largest absolute Gasteiger partial charge is 0.382 e. The standard InChI is InChI=1S/C4H7N3.C3H2ClN/c1-7-3-2-4(5)6-7;1-3(4)2-5/h2-3H,1H3,(H2,5,6);1H2. The lowest BCUT2D eigenvalue weighted by atomic mass is 10.7. The highest BCUT2D eigenvalue weighted by atomic mass is 35.5. The molecule has 1 aromatic rings. The van der Waals surface area contributed by atoms with Gasteiger partial charge in [-0.1, -0.05) is 18.2 Å². The molecule has 1 rings (SSSR count). The van der Waals surface area contributed by atoms with Gasteiger partial charge >= 0.3 is 0 Å². The second kappa shape index (κ2) is 5.22. The fourth-order valence-electron chi connectivity index (χ4n) is 0.433. The second-order valence-corrected chi connectivity index (χ2v) is 2.39. The van der Waals surface area contributed by atoms with Crippen molar-refractivity contribution < 1.29 is 0 Å². The van der Waals surface area contributed by atoms with Gasteiger partial charge < -0.3 is 5.73 Å². The molecule has 0 aliphatic carbocycles. The molecule has 12 heavy (non-hydrogen) atoms. The number of halogens is 1. The Balaban J connectivity index is 0.000000217. The number of rotatable bonds is 0. The van der Waals surface area contributed by atoms with Crippen molar-refractivity contribution in [3.05, 3.63) is 23.9 Å². The van der Waals surface area contributed by atoms with Crippen LogP contribution in [0.2, 0.25) is 0 Å². The average molecular weight is 185 g/mol. The number of anilines is 1. The second-order valence-electron chi connectivity index (χ2n) is 1.93. The zero-order chi connectivity index (χ0) is 9.56.